The number of rotatable bonds is 7. The van der Waals surface area contributed by atoms with Gasteiger partial charge < -0.3 is 20.5 Å². The first-order valence-electron chi connectivity index (χ1n) is 8.15. The van der Waals surface area contributed by atoms with Crippen molar-refractivity contribution in [1.29, 1.82) is 0 Å². The van der Waals surface area contributed by atoms with Gasteiger partial charge in [0, 0.05) is 18.7 Å². The van der Waals surface area contributed by atoms with E-state index in [1.807, 2.05) is 37.3 Å². The van der Waals surface area contributed by atoms with Crippen LogP contribution in [-0.2, 0) is 13.0 Å². The molecule has 0 atom stereocenters. The van der Waals surface area contributed by atoms with Gasteiger partial charge in [-0.2, -0.15) is 0 Å². The minimum Gasteiger partial charge on any atom is -0.504 e. The van der Waals surface area contributed by atoms with Gasteiger partial charge in [-0.3, -0.25) is 0 Å². The second-order valence-corrected chi connectivity index (χ2v) is 5.33. The summed E-state index contributed by atoms with van der Waals surface area (Å²) in [6, 6.07) is 15.7. The van der Waals surface area contributed by atoms with E-state index in [1.54, 1.807) is 6.07 Å². The van der Waals surface area contributed by atoms with Gasteiger partial charge in [0.05, 0.1) is 13.7 Å². The number of nitrogens with one attached hydrogen (secondary N) is 2. The van der Waals surface area contributed by atoms with Gasteiger partial charge >= 0.3 is 0 Å². The van der Waals surface area contributed by atoms with E-state index in [-0.39, 0.29) is 29.7 Å². The van der Waals surface area contributed by atoms with Gasteiger partial charge in [-0.15, -0.1) is 24.0 Å². The second kappa shape index (κ2) is 11.6. The molecule has 0 fully saturated rings. The van der Waals surface area contributed by atoms with Crippen molar-refractivity contribution in [3.63, 3.8) is 0 Å². The molecule has 0 aliphatic carbocycles. The number of guanidine groups is 1. The molecule has 2 rings (SSSR count). The molecule has 136 valence electrons. The number of aromatic hydroxyl groups is 1. The van der Waals surface area contributed by atoms with Crippen LogP contribution in [0.2, 0.25) is 0 Å². The van der Waals surface area contributed by atoms with Crippen LogP contribution in [0.15, 0.2) is 53.5 Å². The first kappa shape index (κ1) is 21.1. The average Bonchev–Trinajstić information content (AvgIpc) is 2.61. The molecular weight excluding hydrogens is 429 g/mol. The zero-order valence-corrected chi connectivity index (χ0v) is 17.0. The number of aliphatic imine (C=N–C) groups is 1. The third-order valence-corrected chi connectivity index (χ3v) is 3.60. The standard InChI is InChI=1S/C19H25N3O2.HI/c1-3-20-19(21-13-12-15-8-5-4-6-9-15)22-14-16-10-7-11-17(24-2)18(16)23;/h4-11,23H,3,12-14H2,1-2H3,(H2,20,21,22);1H. The van der Waals surface area contributed by atoms with Crippen LogP contribution in [0.5, 0.6) is 11.5 Å². The smallest absolute Gasteiger partial charge is 0.191 e. The zero-order chi connectivity index (χ0) is 17.2. The molecule has 25 heavy (non-hydrogen) atoms. The monoisotopic (exact) mass is 455 g/mol. The van der Waals surface area contributed by atoms with E-state index in [0.717, 1.165) is 31.0 Å². The molecule has 0 spiro atoms. The second-order valence-electron chi connectivity index (χ2n) is 5.33. The Kier molecular flexibility index (Phi) is 9.76. The maximum Gasteiger partial charge on any atom is 0.191 e. The molecule has 0 radical (unpaired) electrons. The van der Waals surface area contributed by atoms with Crippen LogP contribution in [0.4, 0.5) is 0 Å². The van der Waals surface area contributed by atoms with Crippen LogP contribution in [-0.4, -0.2) is 31.3 Å². The Balaban J connectivity index is 0.00000312. The van der Waals surface area contributed by atoms with E-state index in [4.69, 9.17) is 4.74 Å². The molecule has 0 saturated heterocycles. The third kappa shape index (κ3) is 6.81. The zero-order valence-electron chi connectivity index (χ0n) is 14.7. The van der Waals surface area contributed by atoms with Gasteiger partial charge in [0.2, 0.25) is 0 Å². The molecule has 2 aromatic carbocycles. The van der Waals surface area contributed by atoms with E-state index >= 15 is 0 Å². The van der Waals surface area contributed by atoms with Crippen molar-refractivity contribution in [3.8, 4) is 11.5 Å². The fraction of sp³-hybridized carbons (Fsp3) is 0.316. The first-order chi connectivity index (χ1) is 11.7. The third-order valence-electron chi connectivity index (χ3n) is 3.60. The van der Waals surface area contributed by atoms with Gasteiger partial charge in [0.1, 0.15) is 0 Å². The van der Waals surface area contributed by atoms with Crippen LogP contribution in [0.1, 0.15) is 18.1 Å². The van der Waals surface area contributed by atoms with Crippen LogP contribution < -0.4 is 15.4 Å². The van der Waals surface area contributed by atoms with E-state index < -0.39 is 0 Å². The van der Waals surface area contributed by atoms with Gasteiger partial charge in [-0.25, -0.2) is 4.99 Å². The number of halogens is 1. The van der Waals surface area contributed by atoms with Crippen LogP contribution in [0, 0.1) is 0 Å². The van der Waals surface area contributed by atoms with Gasteiger partial charge in [0.15, 0.2) is 17.5 Å². The summed E-state index contributed by atoms with van der Waals surface area (Å²) in [5.74, 6) is 1.34. The molecule has 0 aromatic heterocycles. The highest BCUT2D eigenvalue weighted by molar-refractivity contribution is 14.0. The maximum atomic E-state index is 10.1. The number of phenolic OH excluding ortho intramolecular Hbond substituents is 1. The lowest BCUT2D eigenvalue weighted by molar-refractivity contribution is 0.370. The minimum atomic E-state index is 0. The molecule has 0 aliphatic rings. The Hall–Kier alpha value is -1.96. The topological polar surface area (TPSA) is 65.9 Å². The number of phenols is 1. The molecule has 3 N–H and O–H groups in total. The molecule has 0 aliphatic heterocycles. The highest BCUT2D eigenvalue weighted by atomic mass is 127. The van der Waals surface area contributed by atoms with E-state index in [9.17, 15) is 5.11 Å². The molecule has 5 nitrogen and oxygen atoms in total. The van der Waals surface area contributed by atoms with Crippen molar-refractivity contribution in [2.75, 3.05) is 20.2 Å². The molecule has 0 heterocycles. The van der Waals surface area contributed by atoms with E-state index in [2.05, 4.69) is 27.8 Å². The SMILES string of the molecule is CCNC(=NCc1cccc(OC)c1O)NCCc1ccccc1.I. The van der Waals surface area contributed by atoms with Crippen molar-refractivity contribution < 1.29 is 9.84 Å². The van der Waals surface area contributed by atoms with Gasteiger partial charge in [0.25, 0.3) is 0 Å². The van der Waals surface area contributed by atoms with E-state index in [0.29, 0.717) is 12.3 Å². The number of hydrogen-bond acceptors (Lipinski definition) is 3. The summed E-state index contributed by atoms with van der Waals surface area (Å²) in [6.07, 6.45) is 0.926. The fourth-order valence-corrected chi connectivity index (χ4v) is 2.34. The first-order valence-corrected chi connectivity index (χ1v) is 8.15. The molecule has 0 bridgehead atoms. The molecule has 0 unspecified atom stereocenters. The quantitative estimate of drug-likeness (QED) is 0.341. The summed E-state index contributed by atoms with van der Waals surface area (Å²) in [5, 5.41) is 16.6. The molecule has 0 saturated carbocycles. The highest BCUT2D eigenvalue weighted by Crippen LogP contribution is 2.29. The van der Waals surface area contributed by atoms with Crippen LogP contribution in [0.3, 0.4) is 0 Å². The minimum absolute atomic E-state index is 0. The summed E-state index contributed by atoms with van der Waals surface area (Å²) < 4.78 is 5.12. The lowest BCUT2D eigenvalue weighted by atomic mass is 10.1. The summed E-state index contributed by atoms with van der Waals surface area (Å²) in [4.78, 5) is 4.53. The Morgan fingerprint density at radius 1 is 1.08 bits per heavy atom. The predicted molar refractivity (Wildman–Crippen MR) is 113 cm³/mol. The number of methoxy groups -OCH3 is 1. The summed E-state index contributed by atoms with van der Waals surface area (Å²) in [7, 11) is 1.54. The average molecular weight is 455 g/mol. The van der Waals surface area contributed by atoms with Crippen LogP contribution >= 0.6 is 24.0 Å². The molecule has 6 heteroatoms. The normalized spacial score (nSPS) is 10.7. The van der Waals surface area contributed by atoms with Crippen molar-refractivity contribution >= 4 is 29.9 Å². The fourth-order valence-electron chi connectivity index (χ4n) is 2.34. The molecule has 0 amide bonds. The van der Waals surface area contributed by atoms with Crippen molar-refractivity contribution in [1.82, 2.24) is 10.6 Å². The number of para-hydroxylation sites is 1. The van der Waals surface area contributed by atoms with Crippen molar-refractivity contribution in [2.45, 2.75) is 19.9 Å². The lowest BCUT2D eigenvalue weighted by Crippen LogP contribution is -2.38. The van der Waals surface area contributed by atoms with Gasteiger partial charge in [-0.05, 0) is 25.0 Å². The molecule has 2 aromatic rings. The Morgan fingerprint density at radius 3 is 2.52 bits per heavy atom. The highest BCUT2D eigenvalue weighted by Gasteiger charge is 2.07. The van der Waals surface area contributed by atoms with Crippen molar-refractivity contribution in [3.05, 3.63) is 59.7 Å². The Morgan fingerprint density at radius 2 is 1.84 bits per heavy atom. The summed E-state index contributed by atoms with van der Waals surface area (Å²) in [6.45, 7) is 3.97. The molecular formula is C19H26IN3O2. The summed E-state index contributed by atoms with van der Waals surface area (Å²) in [5.41, 5.74) is 2.01. The lowest BCUT2D eigenvalue weighted by Gasteiger charge is -2.12. The van der Waals surface area contributed by atoms with Gasteiger partial charge in [-0.1, -0.05) is 42.5 Å². The predicted octanol–water partition coefficient (Wildman–Crippen LogP) is 3.32. The van der Waals surface area contributed by atoms with Crippen LogP contribution in [0.25, 0.3) is 0 Å². The van der Waals surface area contributed by atoms with E-state index in [1.165, 1.54) is 12.7 Å². The largest absolute Gasteiger partial charge is 0.504 e. The number of ether oxygens (including phenoxy) is 1. The number of hydrogen-bond donors (Lipinski definition) is 3. The number of nitrogens with zero attached hydrogens (tertiary/aromatic N) is 1. The number of benzene rings is 2. The van der Waals surface area contributed by atoms with Crippen molar-refractivity contribution in [2.24, 2.45) is 4.99 Å². The maximum absolute atomic E-state index is 10.1. The summed E-state index contributed by atoms with van der Waals surface area (Å²) >= 11 is 0. The Bertz CT molecular complexity index is 663. The Labute approximate surface area is 166 Å².